The smallest absolute Gasteiger partial charge is 0.363 e. The van der Waals surface area contributed by atoms with Crippen LogP contribution in [0.15, 0.2) is 24.3 Å². The van der Waals surface area contributed by atoms with Gasteiger partial charge in [0.2, 0.25) is 5.91 Å². The van der Waals surface area contributed by atoms with E-state index in [1.54, 1.807) is 13.0 Å². The van der Waals surface area contributed by atoms with Gasteiger partial charge in [0.15, 0.2) is 0 Å². The molecule has 3 aromatic rings. The van der Waals surface area contributed by atoms with Gasteiger partial charge in [-0.15, -0.1) is 10.2 Å². The molecule has 1 aliphatic carbocycles. The van der Waals surface area contributed by atoms with E-state index in [0.29, 0.717) is 36.1 Å². The van der Waals surface area contributed by atoms with Crippen LogP contribution in [0.25, 0.3) is 5.78 Å². The lowest BCUT2D eigenvalue weighted by atomic mass is 10.0. The molecule has 1 N–H and O–H groups in total. The third-order valence-electron chi connectivity index (χ3n) is 6.48. The van der Waals surface area contributed by atoms with E-state index in [4.69, 9.17) is 0 Å². The summed E-state index contributed by atoms with van der Waals surface area (Å²) in [7, 11) is 0. The van der Waals surface area contributed by atoms with Crippen molar-refractivity contribution in [1.82, 2.24) is 24.5 Å². The van der Waals surface area contributed by atoms with E-state index in [-0.39, 0.29) is 11.3 Å². The van der Waals surface area contributed by atoms with Crippen molar-refractivity contribution < 1.29 is 18.0 Å². The van der Waals surface area contributed by atoms with Crippen molar-refractivity contribution in [3.63, 3.8) is 0 Å². The zero-order valence-corrected chi connectivity index (χ0v) is 18.0. The van der Waals surface area contributed by atoms with E-state index in [0.717, 1.165) is 36.2 Å². The fraction of sp³-hybridized carbons (Fsp3) is 0.455. The standard InChI is InChI=1S/C22H23F3N6O/c1-12(14-5-4-6-15(9-14)22(23,24)25)26-18-16-10-30(19(32)21(3)7-8-21)11-17(16)31-13(2)28-29-20(31)27-18/h4-6,9,12H,7-8,10-11H2,1-3H3,(H,26,27,29)/t12-/m1/s1. The van der Waals surface area contributed by atoms with Crippen LogP contribution < -0.4 is 5.32 Å². The van der Waals surface area contributed by atoms with Gasteiger partial charge in [-0.25, -0.2) is 0 Å². The maximum absolute atomic E-state index is 13.1. The number of halogens is 3. The maximum Gasteiger partial charge on any atom is 0.416 e. The molecule has 1 aliphatic heterocycles. The Hall–Kier alpha value is -3.17. The van der Waals surface area contributed by atoms with E-state index in [1.807, 2.05) is 23.1 Å². The third kappa shape index (κ3) is 3.37. The van der Waals surface area contributed by atoms with Crippen LogP contribution in [0, 0.1) is 12.3 Å². The molecule has 5 rings (SSSR count). The highest BCUT2D eigenvalue weighted by Crippen LogP contribution is 2.48. The van der Waals surface area contributed by atoms with E-state index < -0.39 is 17.8 Å². The summed E-state index contributed by atoms with van der Waals surface area (Å²) < 4.78 is 41.3. The molecule has 32 heavy (non-hydrogen) atoms. The SMILES string of the molecule is Cc1nnc2nc(N[C@H](C)c3cccc(C(F)(F)F)c3)c3c(n12)CN(C(=O)C1(C)CC1)C3. The first kappa shape index (κ1) is 20.7. The zero-order valence-electron chi connectivity index (χ0n) is 18.0. The molecule has 7 nitrogen and oxygen atoms in total. The number of carbonyl (C=O) groups is 1. The summed E-state index contributed by atoms with van der Waals surface area (Å²) in [5.74, 6) is 1.70. The number of benzene rings is 1. The number of amides is 1. The summed E-state index contributed by atoms with van der Waals surface area (Å²) in [6.07, 6.45) is -2.64. The number of aromatic nitrogens is 4. The molecule has 0 bridgehead atoms. The van der Waals surface area contributed by atoms with Crippen LogP contribution in [0.1, 0.15) is 60.9 Å². The first-order chi connectivity index (χ1) is 15.1. The second-order valence-electron chi connectivity index (χ2n) is 8.98. The first-order valence-electron chi connectivity index (χ1n) is 10.5. The zero-order chi connectivity index (χ0) is 22.8. The topological polar surface area (TPSA) is 75.4 Å². The average molecular weight is 444 g/mol. The van der Waals surface area contributed by atoms with E-state index in [2.05, 4.69) is 20.5 Å². The highest BCUT2D eigenvalue weighted by molar-refractivity contribution is 5.85. The van der Waals surface area contributed by atoms with Gasteiger partial charge in [-0.3, -0.25) is 9.20 Å². The van der Waals surface area contributed by atoms with Crippen LogP contribution in [0.2, 0.25) is 0 Å². The fourth-order valence-electron chi connectivity index (χ4n) is 4.26. The number of fused-ring (bicyclic) bond motifs is 3. The summed E-state index contributed by atoms with van der Waals surface area (Å²) in [6.45, 7) is 6.40. The highest BCUT2D eigenvalue weighted by atomic mass is 19.4. The molecule has 2 aliphatic rings. The highest BCUT2D eigenvalue weighted by Gasteiger charge is 2.48. The van der Waals surface area contributed by atoms with Gasteiger partial charge in [0.25, 0.3) is 5.78 Å². The molecule has 0 spiro atoms. The molecule has 0 unspecified atom stereocenters. The van der Waals surface area contributed by atoms with Gasteiger partial charge >= 0.3 is 6.18 Å². The predicted octanol–water partition coefficient (Wildman–Crippen LogP) is 4.27. The Morgan fingerprint density at radius 1 is 1.22 bits per heavy atom. The van der Waals surface area contributed by atoms with Crippen LogP contribution in [0.4, 0.5) is 19.0 Å². The molecule has 0 saturated heterocycles. The molecule has 1 saturated carbocycles. The number of hydrogen-bond donors (Lipinski definition) is 1. The van der Waals surface area contributed by atoms with Crippen LogP contribution in [0.3, 0.4) is 0 Å². The van der Waals surface area contributed by atoms with E-state index >= 15 is 0 Å². The minimum absolute atomic E-state index is 0.115. The Labute approximate surface area is 182 Å². The quantitative estimate of drug-likeness (QED) is 0.651. The van der Waals surface area contributed by atoms with Crippen molar-refractivity contribution in [3.8, 4) is 0 Å². The van der Waals surface area contributed by atoms with Crippen LogP contribution in [-0.2, 0) is 24.1 Å². The van der Waals surface area contributed by atoms with Gasteiger partial charge in [-0.05, 0) is 44.4 Å². The number of nitrogens with one attached hydrogen (secondary N) is 1. The number of hydrogen-bond acceptors (Lipinski definition) is 5. The van der Waals surface area contributed by atoms with Crippen LogP contribution >= 0.6 is 0 Å². The van der Waals surface area contributed by atoms with E-state index in [1.165, 1.54) is 6.07 Å². The lowest BCUT2D eigenvalue weighted by Crippen LogP contribution is -2.31. The lowest BCUT2D eigenvalue weighted by Gasteiger charge is -2.20. The van der Waals surface area contributed by atoms with E-state index in [9.17, 15) is 18.0 Å². The first-order valence-corrected chi connectivity index (χ1v) is 10.5. The number of alkyl halides is 3. The largest absolute Gasteiger partial charge is 0.416 e. The minimum atomic E-state index is -4.41. The number of rotatable bonds is 4. The number of aryl methyl sites for hydroxylation is 1. The number of nitrogens with zero attached hydrogens (tertiary/aromatic N) is 5. The lowest BCUT2D eigenvalue weighted by molar-refractivity contribution is -0.138. The molecule has 168 valence electrons. The van der Waals surface area contributed by atoms with Crippen molar-refractivity contribution in [3.05, 3.63) is 52.5 Å². The molecule has 1 aromatic carbocycles. The van der Waals surface area contributed by atoms with Gasteiger partial charge in [0.05, 0.1) is 24.3 Å². The molecule has 10 heteroatoms. The second kappa shape index (κ2) is 6.91. The monoisotopic (exact) mass is 444 g/mol. The van der Waals surface area contributed by atoms with Gasteiger partial charge in [0.1, 0.15) is 11.6 Å². The van der Waals surface area contributed by atoms with Crippen LogP contribution in [-0.4, -0.2) is 30.4 Å². The Morgan fingerprint density at radius 3 is 2.66 bits per heavy atom. The molecular formula is C22H23F3N6O. The van der Waals surface area contributed by atoms with Gasteiger partial charge < -0.3 is 10.2 Å². The molecule has 0 radical (unpaired) electrons. The molecule has 3 heterocycles. The normalized spacial score (nSPS) is 18.0. The summed E-state index contributed by atoms with van der Waals surface area (Å²) in [5.41, 5.74) is 1.23. The Kier molecular flexibility index (Phi) is 4.48. The summed E-state index contributed by atoms with van der Waals surface area (Å²) in [6, 6.07) is 4.80. The van der Waals surface area contributed by atoms with Crippen molar-refractivity contribution in [2.75, 3.05) is 5.32 Å². The number of carbonyl (C=O) groups excluding carboxylic acids is 1. The van der Waals surface area contributed by atoms with Crippen molar-refractivity contribution in [1.29, 1.82) is 0 Å². The van der Waals surface area contributed by atoms with Crippen molar-refractivity contribution in [2.24, 2.45) is 5.41 Å². The van der Waals surface area contributed by atoms with Gasteiger partial charge in [-0.2, -0.15) is 18.2 Å². The average Bonchev–Trinajstić information content (AvgIpc) is 3.18. The summed E-state index contributed by atoms with van der Waals surface area (Å²) in [5, 5.41) is 11.5. The van der Waals surface area contributed by atoms with Crippen LogP contribution in [0.5, 0.6) is 0 Å². The third-order valence-corrected chi connectivity index (χ3v) is 6.48. The maximum atomic E-state index is 13.1. The molecule has 1 atom stereocenters. The minimum Gasteiger partial charge on any atom is -0.363 e. The second-order valence-corrected chi connectivity index (χ2v) is 8.98. The van der Waals surface area contributed by atoms with Crippen molar-refractivity contribution in [2.45, 2.75) is 58.9 Å². The van der Waals surface area contributed by atoms with Crippen molar-refractivity contribution >= 4 is 17.5 Å². The van der Waals surface area contributed by atoms with Gasteiger partial charge in [0, 0.05) is 17.0 Å². The number of anilines is 1. The Morgan fingerprint density at radius 2 is 1.97 bits per heavy atom. The molecule has 2 aromatic heterocycles. The molecular weight excluding hydrogens is 421 g/mol. The summed E-state index contributed by atoms with van der Waals surface area (Å²) >= 11 is 0. The fourth-order valence-corrected chi connectivity index (χ4v) is 4.26. The molecule has 1 fully saturated rings. The Balaban J connectivity index is 1.50. The summed E-state index contributed by atoms with van der Waals surface area (Å²) in [4.78, 5) is 19.4. The van der Waals surface area contributed by atoms with Gasteiger partial charge in [-0.1, -0.05) is 19.1 Å². The Bertz CT molecular complexity index is 1230. The molecule has 1 amide bonds. The predicted molar refractivity (Wildman–Crippen MR) is 111 cm³/mol.